The number of nitrogens with zero attached hydrogens (tertiary/aromatic N) is 5. The van der Waals surface area contributed by atoms with Crippen molar-refractivity contribution >= 4 is 28.5 Å². The van der Waals surface area contributed by atoms with E-state index >= 15 is 0 Å². The highest BCUT2D eigenvalue weighted by Gasteiger charge is 2.32. The van der Waals surface area contributed by atoms with Crippen molar-refractivity contribution < 1.29 is 28.3 Å². The third-order valence-corrected chi connectivity index (χ3v) is 7.31. The molecule has 2 heterocycles. The number of benzene rings is 3. The van der Waals surface area contributed by atoms with E-state index in [0.717, 1.165) is 5.56 Å². The van der Waals surface area contributed by atoms with Crippen LogP contribution < -0.4 is 15.2 Å². The van der Waals surface area contributed by atoms with Gasteiger partial charge in [0.05, 0.1) is 29.0 Å². The number of fused-ring (bicyclic) bond motifs is 1. The first-order valence-electron chi connectivity index (χ1n) is 13.4. The summed E-state index contributed by atoms with van der Waals surface area (Å²) in [5, 5.41) is 16.3. The van der Waals surface area contributed by atoms with E-state index in [2.05, 4.69) is 9.97 Å². The molecule has 0 spiro atoms. The molecule has 6 rings (SSSR count). The highest BCUT2D eigenvalue weighted by atomic mass is 19.1. The Morgan fingerprint density at radius 3 is 2.51 bits per heavy atom. The molecular formula is C30H25FN6O6. The summed E-state index contributed by atoms with van der Waals surface area (Å²) in [5.74, 6) is -0.353. The summed E-state index contributed by atoms with van der Waals surface area (Å²) in [6, 6.07) is 16.8. The Hall–Kier alpha value is -5.59. The predicted octanol–water partition coefficient (Wildman–Crippen LogP) is 5.87. The molecule has 13 heteroatoms. The van der Waals surface area contributed by atoms with Gasteiger partial charge in [-0.3, -0.25) is 10.1 Å². The number of nitro benzene ring substituents is 1. The number of rotatable bonds is 8. The van der Waals surface area contributed by atoms with Gasteiger partial charge in [-0.25, -0.2) is 19.4 Å². The Morgan fingerprint density at radius 1 is 1.05 bits per heavy atom. The maximum Gasteiger partial charge on any atom is 0.338 e. The summed E-state index contributed by atoms with van der Waals surface area (Å²) in [6.45, 7) is 0. The van der Waals surface area contributed by atoms with Gasteiger partial charge in [-0.15, -0.1) is 0 Å². The van der Waals surface area contributed by atoms with Crippen LogP contribution in [0.1, 0.15) is 35.7 Å². The van der Waals surface area contributed by atoms with E-state index in [9.17, 15) is 19.3 Å². The fraction of sp³-hybridized carbons (Fsp3) is 0.200. The molecular weight excluding hydrogens is 559 g/mol. The maximum atomic E-state index is 14.6. The zero-order valence-electron chi connectivity index (χ0n) is 22.8. The van der Waals surface area contributed by atoms with Gasteiger partial charge in [0.15, 0.2) is 17.1 Å². The van der Waals surface area contributed by atoms with Crippen LogP contribution in [0.2, 0.25) is 0 Å². The smallest absolute Gasteiger partial charge is 0.338 e. The fourth-order valence-corrected chi connectivity index (χ4v) is 5.17. The average Bonchev–Trinajstić information content (AvgIpc) is 3.64. The van der Waals surface area contributed by atoms with E-state index < -0.39 is 16.7 Å². The molecule has 2 atom stereocenters. The molecule has 1 fully saturated rings. The summed E-state index contributed by atoms with van der Waals surface area (Å²) >= 11 is 0. The summed E-state index contributed by atoms with van der Waals surface area (Å²) in [4.78, 5) is 31.7. The van der Waals surface area contributed by atoms with E-state index in [1.807, 2.05) is 0 Å². The minimum absolute atomic E-state index is 0.0320. The predicted molar refractivity (Wildman–Crippen MR) is 153 cm³/mol. The molecule has 3 aromatic carbocycles. The number of hydrogen-bond acceptors (Lipinski definition) is 10. The average molecular weight is 585 g/mol. The first-order valence-corrected chi connectivity index (χ1v) is 13.4. The lowest BCUT2D eigenvalue weighted by atomic mass is 10.1. The second kappa shape index (κ2) is 11.4. The highest BCUT2D eigenvalue weighted by molar-refractivity contribution is 5.98. The molecule has 2 unspecified atom stereocenters. The van der Waals surface area contributed by atoms with Gasteiger partial charge in [0.25, 0.3) is 5.69 Å². The van der Waals surface area contributed by atoms with E-state index in [-0.39, 0.29) is 40.7 Å². The van der Waals surface area contributed by atoms with Crippen LogP contribution in [-0.2, 0) is 4.74 Å². The quantitative estimate of drug-likeness (QED) is 0.133. The zero-order valence-corrected chi connectivity index (χ0v) is 22.8. The lowest BCUT2D eigenvalue weighted by Crippen LogP contribution is -2.16. The molecule has 0 saturated heterocycles. The Labute approximate surface area is 244 Å². The summed E-state index contributed by atoms with van der Waals surface area (Å²) < 4.78 is 32.8. The molecule has 43 heavy (non-hydrogen) atoms. The molecule has 0 aliphatic heterocycles. The lowest BCUT2D eigenvalue weighted by molar-refractivity contribution is -0.384. The normalized spacial score (nSPS) is 16.2. The van der Waals surface area contributed by atoms with Crippen LogP contribution in [0.4, 0.5) is 15.9 Å². The number of anilines is 1. The van der Waals surface area contributed by atoms with Crippen LogP contribution in [0, 0.1) is 15.9 Å². The molecule has 0 bridgehead atoms. The van der Waals surface area contributed by atoms with Crippen LogP contribution in [0.15, 0.2) is 73.1 Å². The van der Waals surface area contributed by atoms with E-state index in [4.69, 9.17) is 25.0 Å². The monoisotopic (exact) mass is 584 g/mol. The van der Waals surface area contributed by atoms with Crippen molar-refractivity contribution in [1.82, 2.24) is 19.7 Å². The minimum Gasteiger partial charge on any atom is -0.494 e. The van der Waals surface area contributed by atoms with Crippen molar-refractivity contribution in [1.29, 1.82) is 0 Å². The van der Waals surface area contributed by atoms with Gasteiger partial charge < -0.3 is 19.9 Å². The zero-order chi connectivity index (χ0) is 30.1. The third-order valence-electron chi connectivity index (χ3n) is 7.31. The molecule has 1 aliphatic rings. The Morgan fingerprint density at radius 2 is 1.79 bits per heavy atom. The largest absolute Gasteiger partial charge is 0.494 e. The number of esters is 1. The second-order valence-corrected chi connectivity index (χ2v) is 9.95. The van der Waals surface area contributed by atoms with Gasteiger partial charge in [0.2, 0.25) is 5.82 Å². The van der Waals surface area contributed by atoms with Crippen LogP contribution in [0.5, 0.6) is 17.2 Å². The summed E-state index contributed by atoms with van der Waals surface area (Å²) in [6.07, 6.45) is 2.78. The number of nitrogens with two attached hydrogens (primary N) is 1. The molecule has 218 valence electrons. The van der Waals surface area contributed by atoms with Crippen LogP contribution >= 0.6 is 0 Å². The lowest BCUT2D eigenvalue weighted by Gasteiger charge is -2.14. The molecule has 2 aromatic heterocycles. The molecule has 2 N–H and O–H groups in total. The van der Waals surface area contributed by atoms with Gasteiger partial charge in [-0.1, -0.05) is 6.07 Å². The van der Waals surface area contributed by atoms with Crippen LogP contribution in [0.3, 0.4) is 0 Å². The Bertz CT molecular complexity index is 1830. The topological polar surface area (TPSA) is 158 Å². The molecule has 1 saturated carbocycles. The SMILES string of the molecule is COc1cccc(Oc2ccc(-c3nn(C4CCC(OC(=O)c5ccc([N+](=O)[O-])cc5)C4)c4ncnc(N)c34)cc2)c1F. The van der Waals surface area contributed by atoms with Crippen molar-refractivity contribution in [2.24, 2.45) is 0 Å². The molecule has 5 aromatic rings. The number of nitro groups is 1. The number of ether oxygens (including phenoxy) is 3. The number of halogens is 1. The number of carbonyl (C=O) groups excluding carboxylic acids is 1. The van der Waals surface area contributed by atoms with Crippen molar-refractivity contribution in [3.63, 3.8) is 0 Å². The van der Waals surface area contributed by atoms with Gasteiger partial charge in [0.1, 0.15) is 29.7 Å². The number of non-ortho nitro benzene ring substituents is 1. The van der Waals surface area contributed by atoms with E-state index in [1.54, 1.807) is 35.0 Å². The highest BCUT2D eigenvalue weighted by Crippen LogP contribution is 2.38. The van der Waals surface area contributed by atoms with Crippen molar-refractivity contribution in [3.8, 4) is 28.5 Å². The van der Waals surface area contributed by atoms with E-state index in [0.29, 0.717) is 41.7 Å². The molecule has 0 radical (unpaired) electrons. The van der Waals surface area contributed by atoms with Gasteiger partial charge in [-0.05, 0) is 61.4 Å². The molecule has 0 amide bonds. The minimum atomic E-state index is -0.600. The second-order valence-electron chi connectivity index (χ2n) is 9.95. The molecule has 12 nitrogen and oxygen atoms in total. The fourth-order valence-electron chi connectivity index (χ4n) is 5.17. The van der Waals surface area contributed by atoms with Crippen LogP contribution in [-0.4, -0.2) is 43.9 Å². The van der Waals surface area contributed by atoms with Crippen molar-refractivity contribution in [2.75, 3.05) is 12.8 Å². The van der Waals surface area contributed by atoms with Gasteiger partial charge in [0, 0.05) is 24.1 Å². The number of nitrogen functional groups attached to an aromatic ring is 1. The van der Waals surface area contributed by atoms with Crippen LogP contribution in [0.25, 0.3) is 22.3 Å². The number of aromatic nitrogens is 4. The number of hydrogen-bond donors (Lipinski definition) is 1. The summed E-state index contributed by atoms with van der Waals surface area (Å²) in [5.41, 5.74) is 8.25. The van der Waals surface area contributed by atoms with Crippen molar-refractivity contribution in [3.05, 3.63) is 94.6 Å². The molecule has 1 aliphatic carbocycles. The third kappa shape index (κ3) is 5.39. The van der Waals surface area contributed by atoms with E-state index in [1.165, 1.54) is 49.8 Å². The first-order chi connectivity index (χ1) is 20.8. The number of methoxy groups -OCH3 is 1. The Balaban J connectivity index is 1.22. The standard InChI is InChI=1S/C30H25FN6O6/c1-41-23-3-2-4-24(26(23)31)42-21-12-7-17(8-13-21)27-25-28(32)33-16-34-29(25)36(35-27)20-11-14-22(15-20)43-30(38)18-5-9-19(10-6-18)37(39)40/h2-10,12-13,16,20,22H,11,14-15H2,1H3,(H2,32,33,34). The Kier molecular flexibility index (Phi) is 7.28. The first kappa shape index (κ1) is 27.6. The van der Waals surface area contributed by atoms with Crippen molar-refractivity contribution in [2.45, 2.75) is 31.4 Å². The maximum absolute atomic E-state index is 14.6. The number of carbonyl (C=O) groups is 1. The van der Waals surface area contributed by atoms with Gasteiger partial charge in [-0.2, -0.15) is 9.49 Å². The van der Waals surface area contributed by atoms with Gasteiger partial charge >= 0.3 is 5.97 Å². The summed E-state index contributed by atoms with van der Waals surface area (Å²) in [7, 11) is 1.38.